The lowest BCUT2D eigenvalue weighted by Crippen LogP contribution is -2.12. The summed E-state index contributed by atoms with van der Waals surface area (Å²) in [7, 11) is 3.29. The molecule has 0 saturated heterocycles. The second-order valence-corrected chi connectivity index (χ2v) is 4.49. The molecule has 0 aliphatic heterocycles. The van der Waals surface area contributed by atoms with Gasteiger partial charge in [-0.15, -0.1) is 0 Å². The van der Waals surface area contributed by atoms with Crippen molar-refractivity contribution in [1.29, 1.82) is 0 Å². The van der Waals surface area contributed by atoms with Gasteiger partial charge in [0.2, 0.25) is 0 Å². The van der Waals surface area contributed by atoms with Crippen molar-refractivity contribution in [2.24, 2.45) is 0 Å². The van der Waals surface area contributed by atoms with Crippen LogP contribution in [0.5, 0.6) is 11.5 Å². The first-order chi connectivity index (χ1) is 9.22. The van der Waals surface area contributed by atoms with E-state index in [2.05, 4.69) is 12.2 Å². The third-order valence-corrected chi connectivity index (χ3v) is 2.89. The molecule has 0 heterocycles. The summed E-state index contributed by atoms with van der Waals surface area (Å²) in [5.74, 6) is 1.26. The lowest BCUT2D eigenvalue weighted by Gasteiger charge is -2.14. The first-order valence-electron chi connectivity index (χ1n) is 6.41. The van der Waals surface area contributed by atoms with Crippen molar-refractivity contribution < 1.29 is 14.2 Å². The molecule has 1 rings (SSSR count). The van der Waals surface area contributed by atoms with Gasteiger partial charge in [-0.3, -0.25) is 0 Å². The first kappa shape index (κ1) is 16.1. The van der Waals surface area contributed by atoms with E-state index in [4.69, 9.17) is 25.8 Å². The molecular weight excluding hydrogens is 266 g/mol. The Kier molecular flexibility index (Phi) is 7.63. The number of halogens is 1. The summed E-state index contributed by atoms with van der Waals surface area (Å²) in [6.45, 7) is 4.95. The summed E-state index contributed by atoms with van der Waals surface area (Å²) in [6, 6.07) is 3.85. The van der Waals surface area contributed by atoms with Crippen LogP contribution in [0.15, 0.2) is 12.1 Å². The zero-order valence-electron chi connectivity index (χ0n) is 11.8. The van der Waals surface area contributed by atoms with Gasteiger partial charge in [-0.25, -0.2) is 0 Å². The highest BCUT2D eigenvalue weighted by Gasteiger charge is 2.11. The molecule has 0 aliphatic rings. The van der Waals surface area contributed by atoms with Crippen LogP contribution < -0.4 is 14.8 Å². The summed E-state index contributed by atoms with van der Waals surface area (Å²) >= 11 is 6.24. The van der Waals surface area contributed by atoms with E-state index < -0.39 is 0 Å². The maximum Gasteiger partial charge on any atom is 0.179 e. The van der Waals surface area contributed by atoms with Crippen LogP contribution in [0.1, 0.15) is 18.9 Å². The lowest BCUT2D eigenvalue weighted by molar-refractivity contribution is 0.170. The number of benzene rings is 1. The molecule has 1 aromatic carbocycles. The van der Waals surface area contributed by atoms with Crippen molar-refractivity contribution >= 4 is 11.6 Å². The predicted molar refractivity (Wildman–Crippen MR) is 77.4 cm³/mol. The first-order valence-corrected chi connectivity index (χ1v) is 6.79. The minimum absolute atomic E-state index is 0.552. The fourth-order valence-electron chi connectivity index (χ4n) is 1.66. The maximum absolute atomic E-state index is 6.24. The van der Waals surface area contributed by atoms with E-state index >= 15 is 0 Å². The Bertz CT molecular complexity index is 385. The minimum Gasteiger partial charge on any atom is -0.493 e. The zero-order valence-corrected chi connectivity index (χ0v) is 12.5. The Morgan fingerprint density at radius 2 is 2.00 bits per heavy atom. The largest absolute Gasteiger partial charge is 0.493 e. The highest BCUT2D eigenvalue weighted by molar-refractivity contribution is 6.32. The fourth-order valence-corrected chi connectivity index (χ4v) is 1.95. The number of hydrogen-bond donors (Lipinski definition) is 1. The van der Waals surface area contributed by atoms with Gasteiger partial charge in [0, 0.05) is 26.7 Å². The van der Waals surface area contributed by atoms with Gasteiger partial charge in [0.05, 0.1) is 18.7 Å². The van der Waals surface area contributed by atoms with Crippen LogP contribution >= 0.6 is 11.6 Å². The second-order valence-electron chi connectivity index (χ2n) is 4.08. The van der Waals surface area contributed by atoms with Gasteiger partial charge in [0.25, 0.3) is 0 Å². The summed E-state index contributed by atoms with van der Waals surface area (Å²) in [6.07, 6.45) is 0.815. The molecule has 108 valence electrons. The molecule has 0 spiro atoms. The topological polar surface area (TPSA) is 39.7 Å². The Morgan fingerprint density at radius 1 is 1.21 bits per heavy atom. The van der Waals surface area contributed by atoms with E-state index in [1.54, 1.807) is 14.2 Å². The summed E-state index contributed by atoms with van der Waals surface area (Å²) in [4.78, 5) is 0. The molecule has 1 N–H and O–H groups in total. The van der Waals surface area contributed by atoms with Crippen LogP contribution in [-0.2, 0) is 11.3 Å². The summed E-state index contributed by atoms with van der Waals surface area (Å²) < 4.78 is 16.0. The number of rotatable bonds is 9. The molecule has 0 fully saturated rings. The van der Waals surface area contributed by atoms with E-state index in [1.807, 2.05) is 12.1 Å². The Balaban J connectivity index is 2.73. The van der Waals surface area contributed by atoms with E-state index in [0.717, 1.165) is 25.1 Å². The Hall–Kier alpha value is -0.970. The van der Waals surface area contributed by atoms with Crippen LogP contribution in [0.3, 0.4) is 0 Å². The molecule has 0 aliphatic carbocycles. The van der Waals surface area contributed by atoms with Gasteiger partial charge >= 0.3 is 0 Å². The fraction of sp³-hybridized carbons (Fsp3) is 0.571. The summed E-state index contributed by atoms with van der Waals surface area (Å²) in [5, 5.41) is 3.82. The zero-order chi connectivity index (χ0) is 14.1. The smallest absolute Gasteiger partial charge is 0.179 e. The molecule has 19 heavy (non-hydrogen) atoms. The lowest BCUT2D eigenvalue weighted by atomic mass is 10.2. The molecule has 0 saturated carbocycles. The molecule has 0 amide bonds. The average molecular weight is 288 g/mol. The summed E-state index contributed by atoms with van der Waals surface area (Å²) in [5.41, 5.74) is 1.08. The highest BCUT2D eigenvalue weighted by Crippen LogP contribution is 2.36. The monoisotopic (exact) mass is 287 g/mol. The van der Waals surface area contributed by atoms with Gasteiger partial charge in [-0.05, 0) is 24.2 Å². The van der Waals surface area contributed by atoms with Crippen LogP contribution in [0.2, 0.25) is 5.02 Å². The molecule has 0 radical (unpaired) electrons. The number of hydrogen-bond acceptors (Lipinski definition) is 4. The predicted octanol–water partition coefficient (Wildman–Crippen LogP) is 2.87. The molecule has 0 unspecified atom stereocenters. The van der Waals surface area contributed by atoms with Gasteiger partial charge in [0.1, 0.15) is 0 Å². The normalized spacial score (nSPS) is 10.5. The van der Waals surface area contributed by atoms with Crippen molar-refractivity contribution in [1.82, 2.24) is 5.32 Å². The van der Waals surface area contributed by atoms with E-state index in [1.165, 1.54) is 0 Å². The van der Waals surface area contributed by atoms with E-state index in [0.29, 0.717) is 29.7 Å². The van der Waals surface area contributed by atoms with Crippen molar-refractivity contribution in [3.05, 3.63) is 22.7 Å². The Labute approximate surface area is 120 Å². The van der Waals surface area contributed by atoms with Crippen LogP contribution in [0.25, 0.3) is 0 Å². The number of nitrogens with one attached hydrogen (secondary N) is 1. The molecule has 5 heteroatoms. The van der Waals surface area contributed by atoms with Gasteiger partial charge in [-0.1, -0.05) is 18.5 Å². The minimum atomic E-state index is 0.552. The van der Waals surface area contributed by atoms with E-state index in [9.17, 15) is 0 Å². The average Bonchev–Trinajstić information content (AvgIpc) is 2.42. The SMILES string of the molecule is CCNCc1cc(Cl)c(OCCCOC)c(OC)c1. The Morgan fingerprint density at radius 3 is 2.63 bits per heavy atom. The molecule has 0 bridgehead atoms. The van der Waals surface area contributed by atoms with Crippen molar-refractivity contribution in [2.75, 3.05) is 34.0 Å². The quantitative estimate of drug-likeness (QED) is 0.709. The third-order valence-electron chi connectivity index (χ3n) is 2.61. The molecular formula is C14H22ClNO3. The van der Waals surface area contributed by atoms with Crippen molar-refractivity contribution in [3.63, 3.8) is 0 Å². The molecule has 4 nitrogen and oxygen atoms in total. The van der Waals surface area contributed by atoms with Gasteiger partial charge in [0.15, 0.2) is 11.5 Å². The van der Waals surface area contributed by atoms with Crippen LogP contribution in [-0.4, -0.2) is 34.0 Å². The molecule has 0 aromatic heterocycles. The van der Waals surface area contributed by atoms with E-state index in [-0.39, 0.29) is 0 Å². The van der Waals surface area contributed by atoms with Crippen molar-refractivity contribution in [2.45, 2.75) is 19.9 Å². The van der Waals surface area contributed by atoms with Crippen LogP contribution in [0.4, 0.5) is 0 Å². The van der Waals surface area contributed by atoms with Gasteiger partial charge < -0.3 is 19.5 Å². The van der Waals surface area contributed by atoms with Crippen LogP contribution in [0, 0.1) is 0 Å². The third kappa shape index (κ3) is 5.27. The number of ether oxygens (including phenoxy) is 3. The highest BCUT2D eigenvalue weighted by atomic mass is 35.5. The maximum atomic E-state index is 6.24. The molecule has 1 aromatic rings. The molecule has 0 atom stereocenters. The van der Waals surface area contributed by atoms with Gasteiger partial charge in [-0.2, -0.15) is 0 Å². The number of methoxy groups -OCH3 is 2. The van der Waals surface area contributed by atoms with Crippen molar-refractivity contribution in [3.8, 4) is 11.5 Å². The standard InChI is InChI=1S/C14H22ClNO3/c1-4-16-10-11-8-12(15)14(13(9-11)18-3)19-7-5-6-17-2/h8-9,16H,4-7,10H2,1-3H3. The second kappa shape index (κ2) is 9.02.